The predicted molar refractivity (Wildman–Crippen MR) is 93.4 cm³/mol. The van der Waals surface area contributed by atoms with Crippen molar-refractivity contribution in [3.05, 3.63) is 24.3 Å². The van der Waals surface area contributed by atoms with Gasteiger partial charge in [0.25, 0.3) is 0 Å². The van der Waals surface area contributed by atoms with Gasteiger partial charge >= 0.3 is 12.0 Å². The summed E-state index contributed by atoms with van der Waals surface area (Å²) in [5.41, 5.74) is 1.26. The Kier molecular flexibility index (Phi) is 5.21. The molecular weight excluding hydrogens is 322 g/mol. The number of carboxylic acid groups (broad SMARTS) is 1. The molecule has 0 radical (unpaired) electrons. The van der Waals surface area contributed by atoms with E-state index in [0.29, 0.717) is 17.8 Å². The number of anilines is 2. The number of benzene rings is 1. The van der Waals surface area contributed by atoms with E-state index in [-0.39, 0.29) is 11.9 Å². The number of urea groups is 1. The fourth-order valence-electron chi connectivity index (χ4n) is 3.11. The van der Waals surface area contributed by atoms with Crippen LogP contribution >= 0.6 is 0 Å². The molecule has 1 aromatic rings. The van der Waals surface area contributed by atoms with E-state index in [4.69, 9.17) is 5.11 Å². The first-order valence-corrected chi connectivity index (χ1v) is 8.74. The number of amides is 3. The van der Waals surface area contributed by atoms with E-state index in [0.717, 1.165) is 25.9 Å². The average molecular weight is 345 g/mol. The maximum atomic E-state index is 12.3. The Morgan fingerprint density at radius 1 is 0.880 bits per heavy atom. The monoisotopic (exact) mass is 345 g/mol. The predicted octanol–water partition coefficient (Wildman–Crippen LogP) is 2.75. The van der Waals surface area contributed by atoms with E-state index in [2.05, 4.69) is 10.6 Å². The number of hydrogen-bond donors (Lipinski definition) is 3. The summed E-state index contributed by atoms with van der Waals surface area (Å²) in [6, 6.07) is 6.77. The second-order valence-electron chi connectivity index (χ2n) is 6.68. The maximum Gasteiger partial charge on any atom is 0.321 e. The van der Waals surface area contributed by atoms with Gasteiger partial charge in [0.15, 0.2) is 0 Å². The molecule has 3 N–H and O–H groups in total. The van der Waals surface area contributed by atoms with Crippen molar-refractivity contribution in [3.8, 4) is 0 Å². The van der Waals surface area contributed by atoms with Gasteiger partial charge in [-0.1, -0.05) is 12.8 Å². The summed E-state index contributed by atoms with van der Waals surface area (Å²) in [7, 11) is 0. The number of aliphatic carboxylic acids is 1. The number of carbonyl (C=O) groups is 3. The molecule has 2 unspecified atom stereocenters. The highest BCUT2D eigenvalue weighted by Crippen LogP contribution is 2.39. The summed E-state index contributed by atoms with van der Waals surface area (Å²) < 4.78 is 0. The van der Waals surface area contributed by atoms with Crippen LogP contribution in [0.15, 0.2) is 24.3 Å². The lowest BCUT2D eigenvalue weighted by atomic mass is 10.2. The number of likely N-dealkylation sites (tertiary alicyclic amines) is 1. The molecule has 1 aliphatic heterocycles. The molecule has 1 aliphatic carbocycles. The minimum Gasteiger partial charge on any atom is -0.481 e. The highest BCUT2D eigenvalue weighted by molar-refractivity contribution is 5.98. The van der Waals surface area contributed by atoms with Crippen LogP contribution in [0, 0.1) is 11.8 Å². The molecule has 1 heterocycles. The van der Waals surface area contributed by atoms with E-state index < -0.39 is 17.8 Å². The van der Waals surface area contributed by atoms with Crippen LogP contribution in [0.3, 0.4) is 0 Å². The third kappa shape index (κ3) is 4.49. The van der Waals surface area contributed by atoms with Crippen LogP contribution in [0.5, 0.6) is 0 Å². The normalized spacial score (nSPS) is 22.6. The summed E-state index contributed by atoms with van der Waals surface area (Å²) in [5, 5.41) is 14.4. The summed E-state index contributed by atoms with van der Waals surface area (Å²) in [4.78, 5) is 36.8. The van der Waals surface area contributed by atoms with Crippen LogP contribution in [0.2, 0.25) is 0 Å². The molecule has 0 spiro atoms. The quantitative estimate of drug-likeness (QED) is 0.781. The number of carboxylic acids is 1. The molecular formula is C18H23N3O4. The number of nitrogens with zero attached hydrogens (tertiary/aromatic N) is 1. The summed E-state index contributed by atoms with van der Waals surface area (Å²) in [5.74, 6) is -2.20. The number of nitrogens with one attached hydrogen (secondary N) is 2. The van der Waals surface area contributed by atoms with Crippen molar-refractivity contribution in [2.45, 2.75) is 32.1 Å². The van der Waals surface area contributed by atoms with Crippen molar-refractivity contribution >= 4 is 29.3 Å². The van der Waals surface area contributed by atoms with Crippen molar-refractivity contribution in [2.24, 2.45) is 11.8 Å². The molecule has 2 aliphatic rings. The van der Waals surface area contributed by atoms with Gasteiger partial charge in [0, 0.05) is 24.5 Å². The first-order valence-electron chi connectivity index (χ1n) is 8.74. The highest BCUT2D eigenvalue weighted by Gasteiger charge is 2.48. The molecule has 0 bridgehead atoms. The Balaban J connectivity index is 1.51. The first-order chi connectivity index (χ1) is 12.0. The Morgan fingerprint density at radius 2 is 1.44 bits per heavy atom. The fraction of sp³-hybridized carbons (Fsp3) is 0.500. The summed E-state index contributed by atoms with van der Waals surface area (Å²) in [6.07, 6.45) is 4.81. The van der Waals surface area contributed by atoms with Crippen LogP contribution in [0.25, 0.3) is 0 Å². The van der Waals surface area contributed by atoms with Gasteiger partial charge in [-0.3, -0.25) is 9.59 Å². The molecule has 2 fully saturated rings. The van der Waals surface area contributed by atoms with Crippen molar-refractivity contribution in [3.63, 3.8) is 0 Å². The number of rotatable bonds is 4. The van der Waals surface area contributed by atoms with Gasteiger partial charge in [-0.05, 0) is 43.5 Å². The van der Waals surface area contributed by atoms with Crippen molar-refractivity contribution < 1.29 is 19.5 Å². The van der Waals surface area contributed by atoms with Crippen LogP contribution in [-0.4, -0.2) is 41.0 Å². The standard InChI is InChI=1S/C18H23N3O4/c22-16(14-11-15(14)17(23)24)19-12-5-7-13(8-6-12)20-18(25)21-9-3-1-2-4-10-21/h5-8,14-15H,1-4,9-11H2,(H,19,22)(H,20,25)(H,23,24). The van der Waals surface area contributed by atoms with Crippen molar-refractivity contribution in [1.29, 1.82) is 0 Å². The topological polar surface area (TPSA) is 98.7 Å². The molecule has 7 heteroatoms. The Labute approximate surface area is 146 Å². The van der Waals surface area contributed by atoms with Crippen LogP contribution in [0.4, 0.5) is 16.2 Å². The van der Waals surface area contributed by atoms with E-state index in [1.165, 1.54) is 12.8 Å². The Bertz CT molecular complexity index is 651. The van der Waals surface area contributed by atoms with Crippen molar-refractivity contribution in [2.75, 3.05) is 23.7 Å². The molecule has 2 atom stereocenters. The van der Waals surface area contributed by atoms with Gasteiger partial charge in [-0.15, -0.1) is 0 Å². The smallest absolute Gasteiger partial charge is 0.321 e. The largest absolute Gasteiger partial charge is 0.481 e. The summed E-state index contributed by atoms with van der Waals surface area (Å²) in [6.45, 7) is 1.57. The van der Waals surface area contributed by atoms with Gasteiger partial charge in [0.05, 0.1) is 11.8 Å². The lowest BCUT2D eigenvalue weighted by Crippen LogP contribution is -2.35. The Morgan fingerprint density at radius 3 is 1.96 bits per heavy atom. The van der Waals surface area contributed by atoms with Gasteiger partial charge < -0.3 is 20.6 Å². The first kappa shape index (κ1) is 17.3. The van der Waals surface area contributed by atoms with E-state index in [1.54, 1.807) is 24.3 Å². The molecule has 3 amide bonds. The molecule has 0 aromatic heterocycles. The van der Waals surface area contributed by atoms with Gasteiger partial charge in [-0.25, -0.2) is 4.79 Å². The van der Waals surface area contributed by atoms with Gasteiger partial charge in [0.2, 0.25) is 5.91 Å². The fourth-order valence-corrected chi connectivity index (χ4v) is 3.11. The van der Waals surface area contributed by atoms with Crippen LogP contribution < -0.4 is 10.6 Å². The average Bonchev–Trinajstić information content (AvgIpc) is 3.40. The Hall–Kier alpha value is -2.57. The number of hydrogen-bond acceptors (Lipinski definition) is 3. The molecule has 3 rings (SSSR count). The SMILES string of the molecule is O=C(O)C1CC1C(=O)Nc1ccc(NC(=O)N2CCCCCC2)cc1. The van der Waals surface area contributed by atoms with Gasteiger partial charge in [0.1, 0.15) is 0 Å². The molecule has 1 saturated carbocycles. The zero-order chi connectivity index (χ0) is 17.8. The van der Waals surface area contributed by atoms with Gasteiger partial charge in [-0.2, -0.15) is 0 Å². The second-order valence-corrected chi connectivity index (χ2v) is 6.68. The zero-order valence-electron chi connectivity index (χ0n) is 14.0. The van der Waals surface area contributed by atoms with Crippen LogP contribution in [-0.2, 0) is 9.59 Å². The molecule has 134 valence electrons. The number of carbonyl (C=O) groups excluding carboxylic acids is 2. The van der Waals surface area contributed by atoms with Crippen molar-refractivity contribution in [1.82, 2.24) is 4.90 Å². The lowest BCUT2D eigenvalue weighted by molar-refractivity contribution is -0.139. The molecule has 1 saturated heterocycles. The minimum atomic E-state index is -0.924. The lowest BCUT2D eigenvalue weighted by Gasteiger charge is -2.20. The van der Waals surface area contributed by atoms with E-state index in [9.17, 15) is 14.4 Å². The third-order valence-electron chi connectivity index (χ3n) is 4.74. The minimum absolute atomic E-state index is 0.0963. The third-order valence-corrected chi connectivity index (χ3v) is 4.74. The molecule has 7 nitrogen and oxygen atoms in total. The zero-order valence-corrected chi connectivity index (χ0v) is 14.0. The maximum absolute atomic E-state index is 12.3. The second kappa shape index (κ2) is 7.55. The van der Waals surface area contributed by atoms with Crippen LogP contribution in [0.1, 0.15) is 32.1 Å². The summed E-state index contributed by atoms with van der Waals surface area (Å²) >= 11 is 0. The molecule has 1 aromatic carbocycles. The highest BCUT2D eigenvalue weighted by atomic mass is 16.4. The van der Waals surface area contributed by atoms with E-state index >= 15 is 0 Å². The van der Waals surface area contributed by atoms with E-state index in [1.807, 2.05) is 4.90 Å². The molecule has 25 heavy (non-hydrogen) atoms.